The van der Waals surface area contributed by atoms with Gasteiger partial charge >= 0.3 is 0 Å². The van der Waals surface area contributed by atoms with Crippen LogP contribution in [-0.2, 0) is 0 Å². The second kappa shape index (κ2) is 7.15. The van der Waals surface area contributed by atoms with E-state index >= 15 is 0 Å². The van der Waals surface area contributed by atoms with Crippen molar-refractivity contribution < 1.29 is 5.11 Å². The van der Waals surface area contributed by atoms with E-state index in [4.69, 9.17) is 0 Å². The summed E-state index contributed by atoms with van der Waals surface area (Å²) >= 11 is 3.09. The molecule has 0 spiro atoms. The molecule has 0 amide bonds. The largest absolute Gasteiger partial charge is 0.391 e. The molecule has 0 aliphatic rings. The second-order valence-corrected chi connectivity index (χ2v) is 6.50. The zero-order valence-electron chi connectivity index (χ0n) is 10.7. The van der Waals surface area contributed by atoms with Crippen LogP contribution in [0.25, 0.3) is 0 Å². The fourth-order valence-corrected chi connectivity index (χ4v) is 2.76. The van der Waals surface area contributed by atoms with Gasteiger partial charge in [-0.05, 0) is 0 Å². The molecule has 1 heterocycles. The SMILES string of the molecule is CC(C)NCC(O)CSc1nnc(N(C)C)s1. The van der Waals surface area contributed by atoms with Crippen molar-refractivity contribution in [3.63, 3.8) is 0 Å². The summed E-state index contributed by atoms with van der Waals surface area (Å²) in [4.78, 5) is 1.93. The van der Waals surface area contributed by atoms with Crippen LogP contribution in [0.1, 0.15) is 13.8 Å². The zero-order valence-corrected chi connectivity index (χ0v) is 12.3. The van der Waals surface area contributed by atoms with Crippen LogP contribution >= 0.6 is 23.1 Å². The second-order valence-electron chi connectivity index (χ2n) is 4.27. The normalized spacial score (nSPS) is 13.1. The molecule has 1 atom stereocenters. The average Bonchev–Trinajstić information content (AvgIpc) is 2.72. The summed E-state index contributed by atoms with van der Waals surface area (Å²) in [6, 6.07) is 0.400. The molecular weight excluding hydrogens is 256 g/mol. The quantitative estimate of drug-likeness (QED) is 0.726. The van der Waals surface area contributed by atoms with Gasteiger partial charge < -0.3 is 15.3 Å². The zero-order chi connectivity index (χ0) is 12.8. The Morgan fingerprint density at radius 1 is 1.41 bits per heavy atom. The fraction of sp³-hybridized carbons (Fsp3) is 0.800. The van der Waals surface area contributed by atoms with Gasteiger partial charge in [-0.1, -0.05) is 36.9 Å². The van der Waals surface area contributed by atoms with Crippen LogP contribution in [-0.4, -0.2) is 53.8 Å². The smallest absolute Gasteiger partial charge is 0.208 e. The summed E-state index contributed by atoms with van der Waals surface area (Å²) in [7, 11) is 3.88. The molecule has 0 aliphatic heterocycles. The van der Waals surface area contributed by atoms with Crippen molar-refractivity contribution in [3.05, 3.63) is 0 Å². The molecule has 2 N–H and O–H groups in total. The van der Waals surface area contributed by atoms with E-state index in [1.165, 1.54) is 0 Å². The van der Waals surface area contributed by atoms with Crippen molar-refractivity contribution in [2.75, 3.05) is 31.3 Å². The van der Waals surface area contributed by atoms with Gasteiger partial charge in [-0.2, -0.15) is 0 Å². The van der Waals surface area contributed by atoms with Crippen LogP contribution in [0, 0.1) is 0 Å². The third-order valence-electron chi connectivity index (χ3n) is 1.94. The summed E-state index contributed by atoms with van der Waals surface area (Å²) in [6.07, 6.45) is -0.353. The predicted molar refractivity (Wildman–Crippen MR) is 74.1 cm³/mol. The highest BCUT2D eigenvalue weighted by molar-refractivity contribution is 8.01. The van der Waals surface area contributed by atoms with Gasteiger partial charge in [0.25, 0.3) is 0 Å². The van der Waals surface area contributed by atoms with Crippen LogP contribution in [0.2, 0.25) is 0 Å². The molecule has 0 aliphatic carbocycles. The van der Waals surface area contributed by atoms with Crippen LogP contribution in [0.3, 0.4) is 0 Å². The van der Waals surface area contributed by atoms with Crippen molar-refractivity contribution in [1.29, 1.82) is 0 Å². The number of aliphatic hydroxyl groups excluding tert-OH is 1. The molecule has 7 heteroatoms. The minimum absolute atomic E-state index is 0.353. The van der Waals surface area contributed by atoms with Gasteiger partial charge in [-0.3, -0.25) is 0 Å². The number of nitrogens with one attached hydrogen (secondary N) is 1. The van der Waals surface area contributed by atoms with Gasteiger partial charge in [0, 0.05) is 32.4 Å². The van der Waals surface area contributed by atoms with E-state index in [-0.39, 0.29) is 6.10 Å². The van der Waals surface area contributed by atoms with Gasteiger partial charge in [0.1, 0.15) is 0 Å². The van der Waals surface area contributed by atoms with Crippen LogP contribution in [0.15, 0.2) is 4.34 Å². The standard InChI is InChI=1S/C10H20N4OS2/c1-7(2)11-5-8(15)6-16-10-13-12-9(17-10)14(3)4/h7-8,11,15H,5-6H2,1-4H3. The van der Waals surface area contributed by atoms with E-state index in [0.717, 1.165) is 9.47 Å². The monoisotopic (exact) mass is 276 g/mol. The maximum atomic E-state index is 9.74. The molecule has 17 heavy (non-hydrogen) atoms. The van der Waals surface area contributed by atoms with E-state index in [2.05, 4.69) is 29.4 Å². The molecule has 98 valence electrons. The van der Waals surface area contributed by atoms with Crippen molar-refractivity contribution >= 4 is 28.2 Å². The Labute approximate surface area is 111 Å². The number of aliphatic hydroxyl groups is 1. The summed E-state index contributed by atoms with van der Waals surface area (Å²) in [6.45, 7) is 4.74. The average molecular weight is 276 g/mol. The summed E-state index contributed by atoms with van der Waals surface area (Å²) < 4.78 is 0.900. The van der Waals surface area contributed by atoms with Gasteiger partial charge in [0.05, 0.1) is 6.10 Å². The lowest BCUT2D eigenvalue weighted by Crippen LogP contribution is -2.33. The van der Waals surface area contributed by atoms with Crippen LogP contribution in [0.5, 0.6) is 0 Å². The molecule has 1 aromatic rings. The number of nitrogens with zero attached hydrogens (tertiary/aromatic N) is 3. The van der Waals surface area contributed by atoms with Gasteiger partial charge in [0.15, 0.2) is 4.34 Å². The Bertz CT molecular complexity index is 330. The van der Waals surface area contributed by atoms with Crippen molar-refractivity contribution in [1.82, 2.24) is 15.5 Å². The molecular formula is C10H20N4OS2. The Balaban J connectivity index is 2.29. The number of aromatic nitrogens is 2. The van der Waals surface area contributed by atoms with Crippen LogP contribution < -0.4 is 10.2 Å². The number of hydrogen-bond acceptors (Lipinski definition) is 7. The number of hydrogen-bond donors (Lipinski definition) is 2. The summed E-state index contributed by atoms with van der Waals surface area (Å²) in [5.74, 6) is 0.641. The topological polar surface area (TPSA) is 61.3 Å². The van der Waals surface area contributed by atoms with E-state index in [1.807, 2.05) is 19.0 Å². The first-order valence-corrected chi connectivity index (χ1v) is 7.34. The van der Waals surface area contributed by atoms with Crippen LogP contribution in [0.4, 0.5) is 5.13 Å². The minimum atomic E-state index is -0.353. The highest BCUT2D eigenvalue weighted by Gasteiger charge is 2.10. The molecule has 1 aromatic heterocycles. The third-order valence-corrected chi connectivity index (χ3v) is 4.31. The lowest BCUT2D eigenvalue weighted by atomic mass is 10.3. The maximum Gasteiger partial charge on any atom is 0.208 e. The third kappa shape index (κ3) is 5.67. The van der Waals surface area contributed by atoms with Crippen molar-refractivity contribution in [2.24, 2.45) is 0 Å². The number of thioether (sulfide) groups is 1. The first kappa shape index (κ1) is 14.7. The van der Waals surface area contributed by atoms with Gasteiger partial charge in [-0.15, -0.1) is 10.2 Å². The molecule has 5 nitrogen and oxygen atoms in total. The number of anilines is 1. The summed E-state index contributed by atoms with van der Waals surface area (Å²) in [5.41, 5.74) is 0. The Hall–Kier alpha value is -0.370. The lowest BCUT2D eigenvalue weighted by Gasteiger charge is -2.12. The number of rotatable bonds is 7. The van der Waals surface area contributed by atoms with E-state index in [9.17, 15) is 5.11 Å². The van der Waals surface area contributed by atoms with Crippen molar-refractivity contribution in [2.45, 2.75) is 30.3 Å². The van der Waals surface area contributed by atoms with E-state index in [1.54, 1.807) is 23.1 Å². The van der Waals surface area contributed by atoms with Gasteiger partial charge in [-0.25, -0.2) is 0 Å². The first-order valence-electron chi connectivity index (χ1n) is 5.54. The first-order chi connectivity index (χ1) is 7.99. The van der Waals surface area contributed by atoms with Gasteiger partial charge in [0.2, 0.25) is 5.13 Å². The highest BCUT2D eigenvalue weighted by atomic mass is 32.2. The maximum absolute atomic E-state index is 9.74. The Morgan fingerprint density at radius 2 is 2.12 bits per heavy atom. The van der Waals surface area contributed by atoms with Crippen molar-refractivity contribution in [3.8, 4) is 0 Å². The highest BCUT2D eigenvalue weighted by Crippen LogP contribution is 2.27. The molecule has 0 saturated heterocycles. The predicted octanol–water partition coefficient (Wildman–Crippen LogP) is 1.06. The Morgan fingerprint density at radius 3 is 2.65 bits per heavy atom. The molecule has 0 fully saturated rings. The molecule has 1 rings (SSSR count). The van der Waals surface area contributed by atoms with E-state index < -0.39 is 0 Å². The lowest BCUT2D eigenvalue weighted by molar-refractivity contribution is 0.192. The molecule has 1 unspecified atom stereocenters. The molecule has 0 aromatic carbocycles. The Kier molecular flexibility index (Phi) is 6.18. The minimum Gasteiger partial charge on any atom is -0.391 e. The molecule has 0 bridgehead atoms. The summed E-state index contributed by atoms with van der Waals surface area (Å²) in [5, 5.41) is 21.9. The molecule has 0 saturated carbocycles. The van der Waals surface area contributed by atoms with E-state index in [0.29, 0.717) is 18.3 Å². The molecule has 0 radical (unpaired) electrons. The fourth-order valence-electron chi connectivity index (χ4n) is 1.04.